The Balaban J connectivity index is 2.84. The first-order chi connectivity index (χ1) is 7.82. The van der Waals surface area contributed by atoms with Crippen LogP contribution in [0.2, 0.25) is 0 Å². The average Bonchev–Trinajstić information content (AvgIpc) is 2.62. The lowest BCUT2D eigenvalue weighted by Gasteiger charge is -2.23. The van der Waals surface area contributed by atoms with Gasteiger partial charge in [-0.1, -0.05) is 6.92 Å². The zero-order valence-electron chi connectivity index (χ0n) is 11.0. The van der Waals surface area contributed by atoms with E-state index < -0.39 is 24.1 Å². The van der Waals surface area contributed by atoms with Crippen LogP contribution < -0.4 is 0 Å². The summed E-state index contributed by atoms with van der Waals surface area (Å²) in [6.45, 7) is 5.24. The predicted octanol–water partition coefficient (Wildman–Crippen LogP) is 0.297. The number of rotatable bonds is 4. The maximum absolute atomic E-state index is 12.0. The highest BCUT2D eigenvalue weighted by atomic mass is 16.8. The molecule has 6 nitrogen and oxygen atoms in total. The van der Waals surface area contributed by atoms with Crippen molar-refractivity contribution >= 4 is 5.91 Å². The molecule has 1 amide bonds. The normalized spacial score (nSPS) is 29.1. The van der Waals surface area contributed by atoms with Crippen molar-refractivity contribution in [1.82, 2.24) is 5.06 Å². The summed E-state index contributed by atoms with van der Waals surface area (Å²) in [5, 5.41) is 10.9. The van der Waals surface area contributed by atoms with Crippen LogP contribution in [-0.4, -0.2) is 54.3 Å². The van der Waals surface area contributed by atoms with Crippen LogP contribution in [-0.2, 0) is 19.1 Å². The summed E-state index contributed by atoms with van der Waals surface area (Å²) in [4.78, 5) is 16.8. The second-order valence-corrected chi connectivity index (χ2v) is 4.51. The van der Waals surface area contributed by atoms with Crippen LogP contribution >= 0.6 is 0 Å². The van der Waals surface area contributed by atoms with Gasteiger partial charge < -0.3 is 14.6 Å². The molecule has 1 aliphatic rings. The number of likely N-dealkylation sites (N-methyl/N-ethyl adjacent to an activating group) is 1. The van der Waals surface area contributed by atoms with Gasteiger partial charge in [0, 0.05) is 7.05 Å². The zero-order chi connectivity index (χ0) is 13.2. The average molecular weight is 247 g/mol. The fourth-order valence-electron chi connectivity index (χ4n) is 1.76. The van der Waals surface area contributed by atoms with E-state index in [1.165, 1.54) is 14.2 Å². The van der Waals surface area contributed by atoms with E-state index in [4.69, 9.17) is 14.3 Å². The summed E-state index contributed by atoms with van der Waals surface area (Å²) in [7, 11) is 2.89. The van der Waals surface area contributed by atoms with Gasteiger partial charge in [-0.15, -0.1) is 0 Å². The van der Waals surface area contributed by atoms with E-state index in [0.29, 0.717) is 6.42 Å². The van der Waals surface area contributed by atoms with Gasteiger partial charge in [-0.25, -0.2) is 5.06 Å². The quantitative estimate of drug-likeness (QED) is 0.723. The number of amides is 1. The minimum atomic E-state index is -0.879. The number of hydrogen-bond acceptors (Lipinski definition) is 5. The third-order valence-electron chi connectivity index (χ3n) is 2.75. The van der Waals surface area contributed by atoms with E-state index in [2.05, 4.69) is 0 Å². The van der Waals surface area contributed by atoms with Crippen LogP contribution in [0, 0.1) is 0 Å². The van der Waals surface area contributed by atoms with E-state index in [0.717, 1.165) is 5.06 Å². The molecule has 6 heteroatoms. The van der Waals surface area contributed by atoms with Crippen LogP contribution in [0.5, 0.6) is 0 Å². The predicted molar refractivity (Wildman–Crippen MR) is 59.9 cm³/mol. The molecule has 0 aromatic rings. The lowest BCUT2D eigenvalue weighted by Crippen LogP contribution is -2.45. The SMILES string of the molecule is CCC(O)[C@@H]1OC(C)(C)O[C@H]1C(=O)N(C)OC. The first-order valence-electron chi connectivity index (χ1n) is 5.67. The highest BCUT2D eigenvalue weighted by molar-refractivity contribution is 5.80. The number of carbonyl (C=O) groups excluding carboxylic acids is 1. The molecule has 1 rings (SSSR count). The van der Waals surface area contributed by atoms with Crippen molar-refractivity contribution in [1.29, 1.82) is 0 Å². The molecule has 0 aromatic carbocycles. The monoisotopic (exact) mass is 247 g/mol. The van der Waals surface area contributed by atoms with E-state index in [1.807, 2.05) is 6.92 Å². The highest BCUT2D eigenvalue weighted by Gasteiger charge is 2.48. The first kappa shape index (κ1) is 14.4. The molecule has 1 saturated heterocycles. The largest absolute Gasteiger partial charge is 0.390 e. The van der Waals surface area contributed by atoms with Crippen LogP contribution in [0.4, 0.5) is 0 Å². The van der Waals surface area contributed by atoms with Crippen molar-refractivity contribution in [3.05, 3.63) is 0 Å². The molecule has 0 aliphatic carbocycles. The van der Waals surface area contributed by atoms with Crippen molar-refractivity contribution in [2.24, 2.45) is 0 Å². The van der Waals surface area contributed by atoms with Crippen molar-refractivity contribution in [3.63, 3.8) is 0 Å². The minimum Gasteiger partial charge on any atom is -0.390 e. The molecule has 0 bridgehead atoms. The molecule has 0 spiro atoms. The third kappa shape index (κ3) is 3.16. The molecule has 100 valence electrons. The molecule has 1 aliphatic heterocycles. The number of carbonyl (C=O) groups is 1. The second kappa shape index (κ2) is 5.30. The molecular weight excluding hydrogens is 226 g/mol. The fourth-order valence-corrected chi connectivity index (χ4v) is 1.76. The maximum atomic E-state index is 12.0. The summed E-state index contributed by atoms with van der Waals surface area (Å²) in [6.07, 6.45) is -1.76. The number of hydrogen-bond donors (Lipinski definition) is 1. The zero-order valence-corrected chi connectivity index (χ0v) is 11.0. The van der Waals surface area contributed by atoms with E-state index in [1.54, 1.807) is 13.8 Å². The lowest BCUT2D eigenvalue weighted by atomic mass is 10.1. The number of hydroxylamine groups is 2. The van der Waals surface area contributed by atoms with E-state index in [9.17, 15) is 9.90 Å². The molecule has 1 N–H and O–H groups in total. The topological polar surface area (TPSA) is 68.2 Å². The maximum Gasteiger partial charge on any atom is 0.277 e. The van der Waals surface area contributed by atoms with Crippen LogP contribution in [0.3, 0.4) is 0 Å². The van der Waals surface area contributed by atoms with Gasteiger partial charge in [-0.05, 0) is 20.3 Å². The molecule has 1 heterocycles. The van der Waals surface area contributed by atoms with Gasteiger partial charge in [0.2, 0.25) is 0 Å². The number of aliphatic hydroxyl groups is 1. The lowest BCUT2D eigenvalue weighted by molar-refractivity contribution is -0.187. The number of ether oxygens (including phenoxy) is 2. The molecule has 0 saturated carbocycles. The van der Waals surface area contributed by atoms with Gasteiger partial charge in [0.1, 0.15) is 6.10 Å². The van der Waals surface area contributed by atoms with Crippen LogP contribution in [0.25, 0.3) is 0 Å². The van der Waals surface area contributed by atoms with Gasteiger partial charge in [0.25, 0.3) is 5.91 Å². The van der Waals surface area contributed by atoms with Gasteiger partial charge in [0.05, 0.1) is 13.2 Å². The third-order valence-corrected chi connectivity index (χ3v) is 2.75. The van der Waals surface area contributed by atoms with E-state index in [-0.39, 0.29) is 5.91 Å². The highest BCUT2D eigenvalue weighted by Crippen LogP contribution is 2.31. The fraction of sp³-hybridized carbons (Fsp3) is 0.909. The van der Waals surface area contributed by atoms with E-state index >= 15 is 0 Å². The smallest absolute Gasteiger partial charge is 0.277 e. The number of aliphatic hydroxyl groups excluding tert-OH is 1. The standard InChI is InChI=1S/C11H21NO5/c1-6-7(13)8-9(10(14)12(4)15-5)17-11(2,3)16-8/h7-9,13H,6H2,1-5H3/t7?,8-,9+/m0/s1. The van der Waals surface area contributed by atoms with Crippen molar-refractivity contribution in [3.8, 4) is 0 Å². The Kier molecular flexibility index (Phi) is 4.48. The Hall–Kier alpha value is -0.690. The minimum absolute atomic E-state index is 0.365. The molecule has 1 unspecified atom stereocenters. The van der Waals surface area contributed by atoms with Crippen LogP contribution in [0.15, 0.2) is 0 Å². The summed E-state index contributed by atoms with van der Waals surface area (Å²) in [5.41, 5.74) is 0. The Morgan fingerprint density at radius 3 is 2.59 bits per heavy atom. The van der Waals surface area contributed by atoms with Crippen molar-refractivity contribution in [2.75, 3.05) is 14.2 Å². The summed E-state index contributed by atoms with van der Waals surface area (Å²) in [6, 6.07) is 0. The molecule has 3 atom stereocenters. The summed E-state index contributed by atoms with van der Waals surface area (Å²) < 4.78 is 11.1. The molecule has 0 radical (unpaired) electrons. The Morgan fingerprint density at radius 1 is 1.53 bits per heavy atom. The van der Waals surface area contributed by atoms with Gasteiger partial charge >= 0.3 is 0 Å². The van der Waals surface area contributed by atoms with Crippen molar-refractivity contribution < 1.29 is 24.2 Å². The van der Waals surface area contributed by atoms with Crippen LogP contribution in [0.1, 0.15) is 27.2 Å². The number of nitrogens with zero attached hydrogens (tertiary/aromatic N) is 1. The Labute approximate surface area is 101 Å². The summed E-state index contributed by atoms with van der Waals surface area (Å²) in [5.74, 6) is -1.24. The molecule has 0 aromatic heterocycles. The summed E-state index contributed by atoms with van der Waals surface area (Å²) >= 11 is 0. The first-order valence-corrected chi connectivity index (χ1v) is 5.67. The van der Waals surface area contributed by atoms with Gasteiger partial charge in [-0.3, -0.25) is 9.63 Å². The van der Waals surface area contributed by atoms with Gasteiger partial charge in [0.15, 0.2) is 11.9 Å². The second-order valence-electron chi connectivity index (χ2n) is 4.51. The Bertz CT molecular complexity index is 281. The molecule has 1 fully saturated rings. The molecular formula is C11H21NO5. The van der Waals surface area contributed by atoms with Crippen molar-refractivity contribution in [2.45, 2.75) is 51.3 Å². The Morgan fingerprint density at radius 2 is 2.12 bits per heavy atom. The molecule has 17 heavy (non-hydrogen) atoms. The van der Waals surface area contributed by atoms with Gasteiger partial charge in [-0.2, -0.15) is 0 Å².